The van der Waals surface area contributed by atoms with Crippen molar-refractivity contribution >= 4 is 11.8 Å². The Balaban J connectivity index is 2.30. The highest BCUT2D eigenvalue weighted by Crippen LogP contribution is 2.54. The van der Waals surface area contributed by atoms with Crippen molar-refractivity contribution in [1.82, 2.24) is 0 Å². The van der Waals surface area contributed by atoms with Crippen molar-refractivity contribution in [3.63, 3.8) is 0 Å². The summed E-state index contributed by atoms with van der Waals surface area (Å²) in [6.45, 7) is 6.69. The summed E-state index contributed by atoms with van der Waals surface area (Å²) in [6.07, 6.45) is 1.20. The molecule has 2 N–H and O–H groups in total. The van der Waals surface area contributed by atoms with E-state index in [9.17, 15) is 0 Å². The third kappa shape index (κ3) is 1.32. The second-order valence-electron chi connectivity index (χ2n) is 3.85. The molecule has 1 fully saturated rings. The predicted molar refractivity (Wildman–Crippen MR) is 48.3 cm³/mol. The minimum absolute atomic E-state index is 0.160. The zero-order valence-corrected chi connectivity index (χ0v) is 7.92. The van der Waals surface area contributed by atoms with Gasteiger partial charge >= 0.3 is 0 Å². The highest BCUT2D eigenvalue weighted by molar-refractivity contribution is 7.99. The van der Waals surface area contributed by atoms with Gasteiger partial charge in [0.05, 0.1) is 0 Å². The van der Waals surface area contributed by atoms with Gasteiger partial charge in [0.25, 0.3) is 0 Å². The molecular weight excluding hydrogens is 142 g/mol. The Morgan fingerprint density at radius 3 is 2.30 bits per heavy atom. The van der Waals surface area contributed by atoms with Crippen molar-refractivity contribution < 1.29 is 0 Å². The molecular formula is C8H17NS. The van der Waals surface area contributed by atoms with Crippen LogP contribution in [0, 0.1) is 5.41 Å². The standard InChI is InChI=1S/C8H17NS/c1-4-10-6-8(9)5-7(8,2)3/h4-6,9H2,1-3H3. The first-order valence-corrected chi connectivity index (χ1v) is 5.04. The van der Waals surface area contributed by atoms with Gasteiger partial charge < -0.3 is 5.73 Å². The van der Waals surface area contributed by atoms with E-state index in [1.54, 1.807) is 0 Å². The van der Waals surface area contributed by atoms with Gasteiger partial charge in [-0.05, 0) is 17.6 Å². The van der Waals surface area contributed by atoms with Crippen molar-refractivity contribution in [2.24, 2.45) is 11.1 Å². The van der Waals surface area contributed by atoms with Gasteiger partial charge in [0.2, 0.25) is 0 Å². The van der Waals surface area contributed by atoms with Crippen LogP contribution in [-0.2, 0) is 0 Å². The lowest BCUT2D eigenvalue weighted by Crippen LogP contribution is -2.31. The van der Waals surface area contributed by atoms with Crippen LogP contribution in [0.1, 0.15) is 27.2 Å². The molecule has 1 saturated carbocycles. The highest BCUT2D eigenvalue weighted by atomic mass is 32.2. The molecule has 0 aromatic heterocycles. The van der Waals surface area contributed by atoms with Gasteiger partial charge in [0, 0.05) is 11.3 Å². The summed E-state index contributed by atoms with van der Waals surface area (Å²) in [4.78, 5) is 0. The summed E-state index contributed by atoms with van der Waals surface area (Å²) >= 11 is 1.95. The second-order valence-corrected chi connectivity index (χ2v) is 5.13. The maximum absolute atomic E-state index is 6.09. The summed E-state index contributed by atoms with van der Waals surface area (Å²) in [5.41, 5.74) is 6.66. The molecule has 1 unspecified atom stereocenters. The maximum Gasteiger partial charge on any atom is 0.0304 e. The van der Waals surface area contributed by atoms with Gasteiger partial charge in [-0.1, -0.05) is 20.8 Å². The van der Waals surface area contributed by atoms with E-state index in [-0.39, 0.29) is 5.54 Å². The molecule has 0 radical (unpaired) electrons. The van der Waals surface area contributed by atoms with Crippen LogP contribution in [0.2, 0.25) is 0 Å². The molecule has 0 aromatic rings. The van der Waals surface area contributed by atoms with E-state index in [1.165, 1.54) is 12.2 Å². The SMILES string of the molecule is CCSCC1(N)CC1(C)C. The molecule has 0 saturated heterocycles. The summed E-state index contributed by atoms with van der Waals surface area (Å²) in [5.74, 6) is 2.32. The van der Waals surface area contributed by atoms with Crippen molar-refractivity contribution in [3.8, 4) is 0 Å². The number of hydrogen-bond acceptors (Lipinski definition) is 2. The van der Waals surface area contributed by atoms with E-state index in [2.05, 4.69) is 20.8 Å². The van der Waals surface area contributed by atoms with E-state index in [1.807, 2.05) is 11.8 Å². The third-order valence-corrected chi connectivity index (χ3v) is 3.67. The lowest BCUT2D eigenvalue weighted by atomic mass is 10.1. The smallest absolute Gasteiger partial charge is 0.0304 e. The van der Waals surface area contributed by atoms with Gasteiger partial charge in [0.15, 0.2) is 0 Å². The van der Waals surface area contributed by atoms with Crippen LogP contribution in [-0.4, -0.2) is 17.0 Å². The first kappa shape index (κ1) is 8.41. The number of thioether (sulfide) groups is 1. The van der Waals surface area contributed by atoms with Gasteiger partial charge in [-0.15, -0.1) is 0 Å². The average molecular weight is 159 g/mol. The van der Waals surface area contributed by atoms with Gasteiger partial charge in [-0.25, -0.2) is 0 Å². The third-order valence-electron chi connectivity index (χ3n) is 2.54. The Hall–Kier alpha value is 0.310. The largest absolute Gasteiger partial charge is 0.324 e. The minimum Gasteiger partial charge on any atom is -0.324 e. The van der Waals surface area contributed by atoms with E-state index in [0.717, 1.165) is 5.75 Å². The van der Waals surface area contributed by atoms with Crippen LogP contribution >= 0.6 is 11.8 Å². The Morgan fingerprint density at radius 2 is 2.00 bits per heavy atom. The average Bonchev–Trinajstić information content (AvgIpc) is 2.29. The first-order chi connectivity index (χ1) is 4.52. The van der Waals surface area contributed by atoms with Crippen LogP contribution in [0.3, 0.4) is 0 Å². The normalized spacial score (nSPS) is 36.0. The summed E-state index contributed by atoms with van der Waals surface area (Å²) in [7, 11) is 0. The molecule has 0 aromatic carbocycles. The minimum atomic E-state index is 0.160. The fourth-order valence-electron chi connectivity index (χ4n) is 1.28. The number of rotatable bonds is 3. The van der Waals surface area contributed by atoms with E-state index in [0.29, 0.717) is 5.41 Å². The topological polar surface area (TPSA) is 26.0 Å². The molecule has 0 spiro atoms. The Labute approximate surface area is 67.8 Å². The maximum atomic E-state index is 6.09. The Morgan fingerprint density at radius 1 is 1.50 bits per heavy atom. The van der Waals surface area contributed by atoms with Crippen LogP contribution < -0.4 is 5.73 Å². The fourth-order valence-corrected chi connectivity index (χ4v) is 2.34. The zero-order valence-electron chi connectivity index (χ0n) is 7.11. The van der Waals surface area contributed by atoms with E-state index < -0.39 is 0 Å². The molecule has 1 aliphatic rings. The second kappa shape index (κ2) is 2.42. The zero-order chi connectivity index (χ0) is 7.83. The lowest BCUT2D eigenvalue weighted by molar-refractivity contribution is 0.530. The van der Waals surface area contributed by atoms with E-state index >= 15 is 0 Å². The molecule has 1 nitrogen and oxygen atoms in total. The number of hydrogen-bond donors (Lipinski definition) is 1. The quantitative estimate of drug-likeness (QED) is 0.680. The molecule has 2 heteroatoms. The summed E-state index contributed by atoms with van der Waals surface area (Å²) in [5, 5.41) is 0. The lowest BCUT2D eigenvalue weighted by Gasteiger charge is -2.13. The Bertz CT molecular complexity index is 133. The predicted octanol–water partition coefficient (Wildman–Crippen LogP) is 1.87. The molecule has 0 bridgehead atoms. The molecule has 1 atom stereocenters. The van der Waals surface area contributed by atoms with Gasteiger partial charge in [-0.2, -0.15) is 11.8 Å². The van der Waals surface area contributed by atoms with E-state index in [4.69, 9.17) is 5.73 Å². The molecule has 10 heavy (non-hydrogen) atoms. The van der Waals surface area contributed by atoms with Gasteiger partial charge in [-0.3, -0.25) is 0 Å². The number of nitrogens with two attached hydrogens (primary N) is 1. The Kier molecular flexibility index (Phi) is 2.03. The molecule has 0 aliphatic heterocycles. The molecule has 1 rings (SSSR count). The van der Waals surface area contributed by atoms with Crippen molar-refractivity contribution in [3.05, 3.63) is 0 Å². The summed E-state index contributed by atoms with van der Waals surface area (Å²) < 4.78 is 0. The summed E-state index contributed by atoms with van der Waals surface area (Å²) in [6, 6.07) is 0. The van der Waals surface area contributed by atoms with Gasteiger partial charge in [0.1, 0.15) is 0 Å². The molecule has 0 amide bonds. The molecule has 60 valence electrons. The molecule has 1 aliphatic carbocycles. The van der Waals surface area contributed by atoms with Crippen LogP contribution in [0.4, 0.5) is 0 Å². The van der Waals surface area contributed by atoms with Crippen LogP contribution in [0.5, 0.6) is 0 Å². The first-order valence-electron chi connectivity index (χ1n) is 3.88. The van der Waals surface area contributed by atoms with Crippen LogP contribution in [0.25, 0.3) is 0 Å². The highest BCUT2D eigenvalue weighted by Gasteiger charge is 2.57. The fraction of sp³-hybridized carbons (Fsp3) is 1.00. The molecule has 0 heterocycles. The van der Waals surface area contributed by atoms with Crippen LogP contribution in [0.15, 0.2) is 0 Å². The van der Waals surface area contributed by atoms with Crippen molar-refractivity contribution in [2.75, 3.05) is 11.5 Å². The monoisotopic (exact) mass is 159 g/mol. The van der Waals surface area contributed by atoms with Crippen molar-refractivity contribution in [2.45, 2.75) is 32.7 Å². The van der Waals surface area contributed by atoms with Crippen molar-refractivity contribution in [1.29, 1.82) is 0 Å².